The minimum absolute atomic E-state index is 0.0811. The number of benzene rings is 1. The summed E-state index contributed by atoms with van der Waals surface area (Å²) in [7, 11) is 1.37. The molecule has 1 atom stereocenters. The van der Waals surface area contributed by atoms with Crippen molar-refractivity contribution >= 4 is 16.9 Å². The summed E-state index contributed by atoms with van der Waals surface area (Å²) in [4.78, 5) is 15.4. The van der Waals surface area contributed by atoms with Crippen LogP contribution >= 0.6 is 0 Å². The number of nitriles is 1. The second kappa shape index (κ2) is 6.41. The van der Waals surface area contributed by atoms with Crippen molar-refractivity contribution in [3.63, 3.8) is 0 Å². The number of phenols is 1. The molecule has 6 nitrogen and oxygen atoms in total. The molecule has 2 aromatic rings. The van der Waals surface area contributed by atoms with Crippen LogP contribution in [0.1, 0.15) is 48.6 Å². The first-order valence-corrected chi connectivity index (χ1v) is 8.46. The van der Waals surface area contributed by atoms with Gasteiger partial charge in [0.25, 0.3) is 0 Å². The van der Waals surface area contributed by atoms with Crippen LogP contribution in [0.15, 0.2) is 6.07 Å². The summed E-state index contributed by atoms with van der Waals surface area (Å²) in [5.41, 5.74) is 2.89. The summed E-state index contributed by atoms with van der Waals surface area (Å²) in [5, 5.41) is 20.5. The van der Waals surface area contributed by atoms with Crippen molar-refractivity contribution in [3.05, 3.63) is 28.5 Å². The minimum Gasteiger partial charge on any atom is -0.508 e. The van der Waals surface area contributed by atoms with Gasteiger partial charge in [0.05, 0.1) is 43.0 Å². The molecule has 1 aromatic carbocycles. The Bertz CT molecular complexity index is 878. The number of rotatable bonds is 4. The molecule has 0 saturated carbocycles. The van der Waals surface area contributed by atoms with E-state index in [1.807, 2.05) is 13.8 Å². The lowest BCUT2D eigenvalue weighted by molar-refractivity contribution is -0.152. The molecule has 6 heteroatoms. The molecule has 1 unspecified atom stereocenters. The van der Waals surface area contributed by atoms with E-state index >= 15 is 0 Å². The van der Waals surface area contributed by atoms with Gasteiger partial charge in [0.15, 0.2) is 0 Å². The number of nitrogens with one attached hydrogen (secondary N) is 1. The highest BCUT2D eigenvalue weighted by atomic mass is 16.5. The average Bonchev–Trinajstić information content (AvgIpc) is 3.00. The summed E-state index contributed by atoms with van der Waals surface area (Å²) in [6.07, 6.45) is 2.26. The standard InChI is InChI=1S/C19H22N2O4/c1-4-6-19(9-15(23)24-3)18-13(5-7-25-19)16-12(10-20)8-14(22)11(2)17(16)21-18/h8,21-22H,4-7,9H2,1-3H3. The molecule has 1 aliphatic heterocycles. The quantitative estimate of drug-likeness (QED) is 0.832. The number of aromatic hydroxyl groups is 1. The van der Waals surface area contributed by atoms with Crippen molar-refractivity contribution in [2.24, 2.45) is 0 Å². The van der Waals surface area contributed by atoms with Crippen LogP contribution in [0.2, 0.25) is 0 Å². The lowest BCUT2D eigenvalue weighted by atomic mass is 9.84. The number of aromatic nitrogens is 1. The van der Waals surface area contributed by atoms with Gasteiger partial charge in [-0.25, -0.2) is 0 Å². The topological polar surface area (TPSA) is 95.3 Å². The number of H-pyrrole nitrogens is 1. The van der Waals surface area contributed by atoms with Crippen LogP contribution in [0.25, 0.3) is 10.9 Å². The summed E-state index contributed by atoms with van der Waals surface area (Å²) in [5.74, 6) is -0.252. The van der Waals surface area contributed by atoms with Gasteiger partial charge in [-0.05, 0) is 31.4 Å². The Kier molecular flexibility index (Phi) is 4.44. The van der Waals surface area contributed by atoms with Gasteiger partial charge in [-0.1, -0.05) is 13.3 Å². The summed E-state index contributed by atoms with van der Waals surface area (Å²) in [6, 6.07) is 3.68. The molecule has 0 bridgehead atoms. The number of hydrogen-bond donors (Lipinski definition) is 2. The van der Waals surface area contributed by atoms with Gasteiger partial charge >= 0.3 is 5.97 Å². The number of esters is 1. The Labute approximate surface area is 146 Å². The first kappa shape index (κ1) is 17.3. The number of aromatic amines is 1. The fourth-order valence-corrected chi connectivity index (χ4v) is 3.84. The maximum absolute atomic E-state index is 12.0. The SMILES string of the molecule is CCCC1(CC(=O)OC)OCCc2c1[nH]c1c(C)c(O)cc(C#N)c21. The fourth-order valence-electron chi connectivity index (χ4n) is 3.84. The average molecular weight is 342 g/mol. The van der Waals surface area contributed by atoms with Gasteiger partial charge < -0.3 is 19.6 Å². The Morgan fingerprint density at radius 1 is 1.56 bits per heavy atom. The van der Waals surface area contributed by atoms with Crippen LogP contribution in [0.4, 0.5) is 0 Å². The van der Waals surface area contributed by atoms with E-state index in [4.69, 9.17) is 9.47 Å². The third-order valence-electron chi connectivity index (χ3n) is 5.03. The van der Waals surface area contributed by atoms with Gasteiger partial charge in [0.1, 0.15) is 11.4 Å². The first-order valence-electron chi connectivity index (χ1n) is 8.46. The van der Waals surface area contributed by atoms with Crippen LogP contribution < -0.4 is 0 Å². The number of methoxy groups -OCH3 is 1. The summed E-state index contributed by atoms with van der Waals surface area (Å²) in [6.45, 7) is 4.32. The molecule has 0 radical (unpaired) electrons. The van der Waals surface area contributed by atoms with E-state index in [-0.39, 0.29) is 18.1 Å². The van der Waals surface area contributed by atoms with Crippen LogP contribution in [0, 0.1) is 18.3 Å². The van der Waals surface area contributed by atoms with Gasteiger partial charge in [-0.15, -0.1) is 0 Å². The number of fused-ring (bicyclic) bond motifs is 3. The van der Waals surface area contributed by atoms with E-state index in [2.05, 4.69) is 11.1 Å². The van der Waals surface area contributed by atoms with Crippen LogP contribution in [-0.2, 0) is 26.3 Å². The van der Waals surface area contributed by atoms with E-state index < -0.39 is 5.60 Å². The number of hydrogen-bond acceptors (Lipinski definition) is 5. The van der Waals surface area contributed by atoms with E-state index in [9.17, 15) is 15.2 Å². The predicted octanol–water partition coefficient (Wildman–Crippen LogP) is 3.18. The molecule has 3 rings (SSSR count). The molecule has 2 N–H and O–H groups in total. The maximum atomic E-state index is 12.0. The molecule has 2 heterocycles. The van der Waals surface area contributed by atoms with Gasteiger partial charge in [-0.3, -0.25) is 4.79 Å². The van der Waals surface area contributed by atoms with E-state index in [0.29, 0.717) is 30.6 Å². The van der Waals surface area contributed by atoms with E-state index in [0.717, 1.165) is 28.6 Å². The van der Waals surface area contributed by atoms with Crippen LogP contribution in [0.5, 0.6) is 5.75 Å². The number of phenolic OH excluding ortho intramolecular Hbond substituents is 1. The maximum Gasteiger partial charge on any atom is 0.308 e. The summed E-state index contributed by atoms with van der Waals surface area (Å²) >= 11 is 0. The molecule has 0 aliphatic carbocycles. The van der Waals surface area contributed by atoms with E-state index in [1.165, 1.54) is 13.2 Å². The number of carbonyl (C=O) groups is 1. The van der Waals surface area contributed by atoms with Crippen molar-refractivity contribution in [1.29, 1.82) is 5.26 Å². The smallest absolute Gasteiger partial charge is 0.308 e. The Morgan fingerprint density at radius 3 is 2.96 bits per heavy atom. The summed E-state index contributed by atoms with van der Waals surface area (Å²) < 4.78 is 11.0. The largest absolute Gasteiger partial charge is 0.508 e. The fraction of sp³-hybridized carbons (Fsp3) is 0.474. The lowest BCUT2D eigenvalue weighted by Gasteiger charge is -2.36. The Morgan fingerprint density at radius 2 is 2.32 bits per heavy atom. The lowest BCUT2D eigenvalue weighted by Crippen LogP contribution is -2.38. The molecule has 0 saturated heterocycles. The van der Waals surface area contributed by atoms with Gasteiger partial charge in [-0.2, -0.15) is 5.26 Å². The highest BCUT2D eigenvalue weighted by Gasteiger charge is 2.42. The Hall–Kier alpha value is -2.52. The first-order chi connectivity index (χ1) is 12.0. The second-order valence-electron chi connectivity index (χ2n) is 6.50. The molecule has 0 amide bonds. The van der Waals surface area contributed by atoms with Gasteiger partial charge in [0.2, 0.25) is 0 Å². The molecule has 1 aromatic heterocycles. The monoisotopic (exact) mass is 342 g/mol. The second-order valence-corrected chi connectivity index (χ2v) is 6.50. The normalized spacial score (nSPS) is 19.4. The minimum atomic E-state index is -0.788. The predicted molar refractivity (Wildman–Crippen MR) is 92.3 cm³/mol. The number of carbonyl (C=O) groups excluding carboxylic acids is 1. The zero-order chi connectivity index (χ0) is 18.2. The number of aryl methyl sites for hydroxylation is 1. The Balaban J connectivity index is 2.30. The van der Waals surface area contributed by atoms with Crippen molar-refractivity contribution in [3.8, 4) is 11.8 Å². The van der Waals surface area contributed by atoms with Crippen molar-refractivity contribution < 1.29 is 19.4 Å². The zero-order valence-corrected chi connectivity index (χ0v) is 14.7. The molecule has 132 valence electrons. The zero-order valence-electron chi connectivity index (χ0n) is 14.7. The number of ether oxygens (including phenoxy) is 2. The highest BCUT2D eigenvalue weighted by molar-refractivity contribution is 5.94. The van der Waals surface area contributed by atoms with Crippen LogP contribution in [0.3, 0.4) is 0 Å². The molecule has 1 aliphatic rings. The molecule has 25 heavy (non-hydrogen) atoms. The van der Waals surface area contributed by atoms with Gasteiger partial charge in [0, 0.05) is 10.9 Å². The molecular formula is C19H22N2O4. The van der Waals surface area contributed by atoms with E-state index in [1.54, 1.807) is 0 Å². The van der Waals surface area contributed by atoms with Crippen molar-refractivity contribution in [2.75, 3.05) is 13.7 Å². The van der Waals surface area contributed by atoms with Crippen molar-refractivity contribution in [2.45, 2.75) is 45.1 Å². The third kappa shape index (κ3) is 2.65. The number of nitrogens with zero attached hydrogens (tertiary/aromatic N) is 1. The molecule has 0 fully saturated rings. The third-order valence-corrected chi connectivity index (χ3v) is 5.03. The molecular weight excluding hydrogens is 320 g/mol. The highest BCUT2D eigenvalue weighted by Crippen LogP contribution is 2.44. The van der Waals surface area contributed by atoms with Crippen molar-refractivity contribution in [1.82, 2.24) is 4.98 Å². The van der Waals surface area contributed by atoms with Crippen LogP contribution in [-0.4, -0.2) is 29.8 Å². The molecule has 0 spiro atoms.